The molecule has 0 spiro atoms. The average molecular weight is 466 g/mol. The number of carbonyl (C=O) groups is 1. The van der Waals surface area contributed by atoms with Crippen LogP contribution in [0.3, 0.4) is 0 Å². The molecule has 3 rings (SSSR count). The van der Waals surface area contributed by atoms with Crippen molar-refractivity contribution in [3.05, 3.63) is 44.7 Å². The van der Waals surface area contributed by atoms with Gasteiger partial charge in [0.1, 0.15) is 5.75 Å². The summed E-state index contributed by atoms with van der Waals surface area (Å²) in [6.45, 7) is 14.2. The fraction of sp³-hybridized carbons (Fsp3) is 0.565. The van der Waals surface area contributed by atoms with E-state index in [1.54, 1.807) is 29.5 Å². The maximum Gasteiger partial charge on any atom is 0.283 e. The lowest BCUT2D eigenvalue weighted by atomic mass is 9.95. The summed E-state index contributed by atoms with van der Waals surface area (Å²) in [5.74, 6) is 0.109. The molecule has 1 amide bonds. The Hall–Kier alpha value is -1.67. The van der Waals surface area contributed by atoms with Crippen molar-refractivity contribution in [3.63, 3.8) is 0 Å². The van der Waals surface area contributed by atoms with Gasteiger partial charge in [0.15, 0.2) is 4.80 Å². The minimum Gasteiger partial charge on any atom is -0.496 e. The maximum absolute atomic E-state index is 13.0. The smallest absolute Gasteiger partial charge is 0.283 e. The predicted octanol–water partition coefficient (Wildman–Crippen LogP) is 4.36. The van der Waals surface area contributed by atoms with Crippen LogP contribution in [0, 0.1) is 0 Å². The van der Waals surface area contributed by atoms with Gasteiger partial charge in [0.05, 0.1) is 24.9 Å². The molecule has 1 saturated heterocycles. The number of nitrogens with zero attached hydrogens (tertiary/aromatic N) is 3. The number of ether oxygens (including phenoxy) is 2. The van der Waals surface area contributed by atoms with Crippen LogP contribution in [-0.2, 0) is 16.7 Å². The highest BCUT2D eigenvalue weighted by Crippen LogP contribution is 2.26. The van der Waals surface area contributed by atoms with Gasteiger partial charge in [-0.05, 0) is 37.5 Å². The van der Waals surface area contributed by atoms with Crippen LogP contribution in [0.25, 0.3) is 0 Å². The predicted molar refractivity (Wildman–Crippen MR) is 125 cm³/mol. The molecule has 0 radical (unpaired) electrons. The zero-order valence-electron chi connectivity index (χ0n) is 19.1. The highest BCUT2D eigenvalue weighted by molar-refractivity contribution is 7.09. The fourth-order valence-electron chi connectivity index (χ4n) is 3.68. The van der Waals surface area contributed by atoms with E-state index in [9.17, 15) is 4.79 Å². The van der Waals surface area contributed by atoms with Gasteiger partial charge in [-0.2, -0.15) is 4.99 Å². The number of halogens is 1. The van der Waals surface area contributed by atoms with Crippen LogP contribution in [0.15, 0.2) is 29.4 Å². The van der Waals surface area contributed by atoms with Gasteiger partial charge in [0.2, 0.25) is 0 Å². The second-order valence-electron chi connectivity index (χ2n) is 9.10. The van der Waals surface area contributed by atoms with Gasteiger partial charge in [-0.3, -0.25) is 9.69 Å². The Morgan fingerprint density at radius 2 is 1.94 bits per heavy atom. The van der Waals surface area contributed by atoms with E-state index in [0.717, 1.165) is 26.2 Å². The average Bonchev–Trinajstić information content (AvgIpc) is 3.08. The van der Waals surface area contributed by atoms with Crippen LogP contribution in [0.5, 0.6) is 5.75 Å². The third kappa shape index (κ3) is 6.19. The topological polar surface area (TPSA) is 56.1 Å². The highest BCUT2D eigenvalue weighted by Gasteiger charge is 2.23. The van der Waals surface area contributed by atoms with E-state index in [4.69, 9.17) is 21.1 Å². The minimum absolute atomic E-state index is 0.0288. The molecule has 8 heteroatoms. The third-order valence-corrected chi connectivity index (χ3v) is 6.88. The van der Waals surface area contributed by atoms with Crippen molar-refractivity contribution in [2.24, 2.45) is 4.99 Å². The van der Waals surface area contributed by atoms with Crippen molar-refractivity contribution < 1.29 is 14.3 Å². The lowest BCUT2D eigenvalue weighted by Gasteiger charge is -2.35. The molecule has 1 aromatic heterocycles. The van der Waals surface area contributed by atoms with Gasteiger partial charge >= 0.3 is 0 Å². The summed E-state index contributed by atoms with van der Waals surface area (Å²) in [7, 11) is 1.54. The van der Waals surface area contributed by atoms with E-state index in [0.29, 0.717) is 21.1 Å². The number of methoxy groups -OCH3 is 1. The Morgan fingerprint density at radius 1 is 1.26 bits per heavy atom. The summed E-state index contributed by atoms with van der Waals surface area (Å²) in [6, 6.07) is 4.99. The molecule has 1 fully saturated rings. The van der Waals surface area contributed by atoms with E-state index in [1.807, 2.05) is 0 Å². The van der Waals surface area contributed by atoms with Crippen molar-refractivity contribution in [2.75, 3.05) is 26.7 Å². The van der Waals surface area contributed by atoms with Crippen molar-refractivity contribution in [2.45, 2.75) is 58.8 Å². The molecule has 0 aliphatic carbocycles. The summed E-state index contributed by atoms with van der Waals surface area (Å²) in [4.78, 5) is 21.8. The Bertz CT molecular complexity index is 983. The minimum atomic E-state index is -0.357. The number of thiazole rings is 1. The number of rotatable bonds is 5. The third-order valence-electron chi connectivity index (χ3n) is 5.20. The van der Waals surface area contributed by atoms with Gasteiger partial charge < -0.3 is 14.0 Å². The van der Waals surface area contributed by atoms with Gasteiger partial charge in [-0.25, -0.2) is 0 Å². The lowest BCUT2D eigenvalue weighted by molar-refractivity contribution is -0.0685. The fourth-order valence-corrected chi connectivity index (χ4v) is 4.93. The first-order valence-electron chi connectivity index (χ1n) is 10.6. The zero-order valence-corrected chi connectivity index (χ0v) is 20.7. The Balaban J connectivity index is 1.91. The molecule has 1 aliphatic rings. The number of benzene rings is 1. The molecule has 2 atom stereocenters. The molecule has 2 heterocycles. The lowest BCUT2D eigenvalue weighted by Crippen LogP contribution is -2.46. The highest BCUT2D eigenvalue weighted by atomic mass is 35.5. The number of aromatic nitrogens is 1. The summed E-state index contributed by atoms with van der Waals surface area (Å²) in [6.07, 6.45) is 2.57. The van der Waals surface area contributed by atoms with Gasteiger partial charge in [-0.15, -0.1) is 11.3 Å². The Labute approximate surface area is 193 Å². The van der Waals surface area contributed by atoms with Crippen molar-refractivity contribution in [3.8, 4) is 5.75 Å². The van der Waals surface area contributed by atoms with Gasteiger partial charge in [0, 0.05) is 42.3 Å². The molecular formula is C23H32ClN3O3S. The standard InChI is InChI=1S/C23H32ClN3O3S/c1-15-12-26(13-16(2)30-15)9-10-27-14-20(23(3,4)5)31-22(27)25-21(28)18-11-17(24)7-8-19(18)29-6/h7-8,11,14-16H,9-10,12-13H2,1-6H3. The molecule has 1 aliphatic heterocycles. The number of amides is 1. The first-order chi connectivity index (χ1) is 14.6. The quantitative estimate of drug-likeness (QED) is 0.658. The normalized spacial score (nSPS) is 20.8. The summed E-state index contributed by atoms with van der Waals surface area (Å²) in [5.41, 5.74) is 0.335. The van der Waals surface area contributed by atoms with E-state index < -0.39 is 0 Å². The molecule has 0 saturated carbocycles. The molecule has 0 N–H and O–H groups in total. The van der Waals surface area contributed by atoms with Crippen LogP contribution in [-0.4, -0.2) is 54.3 Å². The van der Waals surface area contributed by atoms with Crippen LogP contribution < -0.4 is 9.54 Å². The van der Waals surface area contributed by atoms with Gasteiger partial charge in [-0.1, -0.05) is 32.4 Å². The van der Waals surface area contributed by atoms with Gasteiger partial charge in [0.25, 0.3) is 5.91 Å². The van der Waals surface area contributed by atoms with Crippen LogP contribution in [0.4, 0.5) is 0 Å². The number of hydrogen-bond acceptors (Lipinski definition) is 5. The zero-order chi connectivity index (χ0) is 22.8. The first kappa shape index (κ1) is 24.0. The molecule has 2 aromatic rings. The first-order valence-corrected chi connectivity index (χ1v) is 11.8. The largest absolute Gasteiger partial charge is 0.496 e. The second-order valence-corrected chi connectivity index (χ2v) is 10.5. The Kier molecular flexibility index (Phi) is 7.63. The number of carbonyl (C=O) groups excluding carboxylic acids is 1. The summed E-state index contributed by atoms with van der Waals surface area (Å²) in [5, 5.41) is 0.476. The molecule has 6 nitrogen and oxygen atoms in total. The molecular weight excluding hydrogens is 434 g/mol. The van der Waals surface area contributed by atoms with Crippen LogP contribution in [0.2, 0.25) is 5.02 Å². The SMILES string of the molecule is COc1ccc(Cl)cc1C(=O)N=c1sc(C(C)(C)C)cn1CCN1CC(C)OC(C)C1. The van der Waals surface area contributed by atoms with Crippen molar-refractivity contribution in [1.29, 1.82) is 0 Å². The maximum atomic E-state index is 13.0. The van der Waals surface area contributed by atoms with E-state index in [1.165, 1.54) is 12.0 Å². The van der Waals surface area contributed by atoms with Crippen LogP contribution in [0.1, 0.15) is 49.9 Å². The molecule has 170 valence electrons. The molecule has 1 aromatic carbocycles. The van der Waals surface area contributed by atoms with E-state index in [-0.39, 0.29) is 23.5 Å². The Morgan fingerprint density at radius 3 is 2.55 bits per heavy atom. The summed E-state index contributed by atoms with van der Waals surface area (Å²) < 4.78 is 13.3. The molecule has 31 heavy (non-hydrogen) atoms. The van der Waals surface area contributed by atoms with Crippen molar-refractivity contribution >= 4 is 28.8 Å². The number of morpholine rings is 1. The van der Waals surface area contributed by atoms with E-state index in [2.05, 4.69) is 55.3 Å². The number of hydrogen-bond donors (Lipinski definition) is 0. The molecule has 2 unspecified atom stereocenters. The monoisotopic (exact) mass is 465 g/mol. The van der Waals surface area contributed by atoms with Crippen molar-refractivity contribution in [1.82, 2.24) is 9.47 Å². The van der Waals surface area contributed by atoms with Crippen LogP contribution >= 0.6 is 22.9 Å². The summed E-state index contributed by atoms with van der Waals surface area (Å²) >= 11 is 7.66. The second kappa shape index (κ2) is 9.86. The van der Waals surface area contributed by atoms with E-state index >= 15 is 0 Å². The molecule has 0 bridgehead atoms.